The molecule has 15 rings (SSSR count). The Kier molecular flexibility index (Phi) is 19.3. The van der Waals surface area contributed by atoms with Gasteiger partial charge in [0, 0.05) is 105 Å². The molecule has 3 aliphatic heterocycles. The highest BCUT2D eigenvalue weighted by Crippen LogP contribution is 2.63. The average Bonchev–Trinajstić information content (AvgIpc) is 1.60. The minimum absolute atomic E-state index is 0.0429. The van der Waals surface area contributed by atoms with Gasteiger partial charge in [-0.2, -0.15) is 0 Å². The summed E-state index contributed by atoms with van der Waals surface area (Å²) in [6.07, 6.45) is 0.370. The summed E-state index contributed by atoms with van der Waals surface area (Å²) < 4.78 is 21.2. The number of carbonyl (C=O) groups is 3. The van der Waals surface area contributed by atoms with Crippen LogP contribution in [0.5, 0.6) is 103 Å². The van der Waals surface area contributed by atoms with E-state index in [1.165, 1.54) is 133 Å². The van der Waals surface area contributed by atoms with Crippen molar-refractivity contribution in [3.05, 3.63) is 332 Å². The van der Waals surface area contributed by atoms with Crippen molar-refractivity contribution in [2.24, 2.45) is 11.8 Å². The number of phenolic OH excluding ortho intramolecular Hbond substituents is 16. The van der Waals surface area contributed by atoms with E-state index in [0.717, 1.165) is 36.4 Å². The molecule has 3 aliphatic rings. The third-order valence-electron chi connectivity index (χ3n) is 21.1. The highest BCUT2D eigenvalue weighted by Gasteiger charge is 2.52. The van der Waals surface area contributed by atoms with Crippen LogP contribution in [0.1, 0.15) is 151 Å². The number of hydrogen-bond donors (Lipinski definition) is 16. The zero-order valence-corrected chi connectivity index (χ0v) is 58.8. The van der Waals surface area contributed by atoms with E-state index in [9.17, 15) is 91.3 Å². The van der Waals surface area contributed by atoms with Gasteiger partial charge in [-0.1, -0.05) is 78.9 Å². The molecule has 0 amide bonds. The summed E-state index contributed by atoms with van der Waals surface area (Å²) in [5.41, 5.74) is 2.64. The van der Waals surface area contributed by atoms with Gasteiger partial charge in [0.15, 0.2) is 17.3 Å². The number of allylic oxidation sites excluding steroid dienone is 2. The van der Waals surface area contributed by atoms with E-state index in [1.807, 2.05) is 0 Å². The van der Waals surface area contributed by atoms with E-state index in [-0.39, 0.29) is 108 Å². The van der Waals surface area contributed by atoms with Gasteiger partial charge < -0.3 is 95.9 Å². The lowest BCUT2D eigenvalue weighted by molar-refractivity contribution is 0.0253. The van der Waals surface area contributed by atoms with Gasteiger partial charge in [0.05, 0.1) is 34.8 Å². The zero-order chi connectivity index (χ0) is 78.7. The highest BCUT2D eigenvalue weighted by atomic mass is 16.5. The Hall–Kier alpha value is -14.5. The second kappa shape index (κ2) is 29.6. The average molecular weight is 1500 g/mol. The molecule has 0 saturated carbocycles. The van der Waals surface area contributed by atoms with Crippen molar-refractivity contribution in [1.82, 2.24) is 0 Å². The number of fused-ring (bicyclic) bond motifs is 2. The number of rotatable bonds is 20. The predicted octanol–water partition coefficient (Wildman–Crippen LogP) is 16.0. The van der Waals surface area contributed by atoms with Crippen LogP contribution in [0.4, 0.5) is 0 Å². The van der Waals surface area contributed by atoms with E-state index in [2.05, 4.69) is 0 Å². The summed E-state index contributed by atoms with van der Waals surface area (Å²) in [5.74, 6) is -15.2. The molecule has 1 saturated heterocycles. The molecule has 0 bridgehead atoms. The van der Waals surface area contributed by atoms with Gasteiger partial charge in [-0.25, -0.2) is 0 Å². The molecular weight excluding hydrogens is 1430 g/mol. The summed E-state index contributed by atoms with van der Waals surface area (Å²) in [6.45, 7) is 0. The van der Waals surface area contributed by atoms with Crippen LogP contribution in [0.2, 0.25) is 0 Å². The standard InChI is InChI=1S/C90H70O22/c91-50-13-1-44(2-14-50)35-68-85(86(109)61-28-24-57(98)39-74(61)104)89(49-11-19-53(94)20-12-49)112-90(68)65-41-64(77(107)43-78(65)108)82(84-67-34-46(4-30-70(100)59-26-22-55(96)37-72(59)102)6-32-80(67)111-88(84)48-9-17-52(93)18-10-48)63-40-62(75(105)42-76(63)106)81(60-27-23-56(97)38-73(60)103)83-66-33-45(3-29-69(99)58-25-21-54(95)36-71(58)101)5-31-79(66)110-87(83)47-7-15-51(92)16-8-47/h1-34,36-43,68,81-85,87-98,101-108H,35H2/b29-3+,30-4+. The summed E-state index contributed by atoms with van der Waals surface area (Å²) in [6, 6.07) is 53.5. The SMILES string of the molecule is O=C(/C=C/c1ccc2c(c1)C(C(c1ccc(O)cc1O)c1cc(C(c3cc(C4OC(c5ccc(O)cc5)C(C(=O)c5ccc(O)cc5O)C4Cc4ccc(O)cc4)c(O)cc3O)C3c4cc(/C=C/C(=O)c5ccc(O)cc5O)ccc4OC3c3ccc(O)cc3)c(O)cc1O)C(c1ccc(O)cc1)O2)c1ccc(O)cc1O. The van der Waals surface area contributed by atoms with Gasteiger partial charge in [0.1, 0.15) is 116 Å². The van der Waals surface area contributed by atoms with Gasteiger partial charge in [-0.3, -0.25) is 14.4 Å². The first-order chi connectivity index (χ1) is 53.8. The van der Waals surface area contributed by atoms with Crippen molar-refractivity contribution in [3.8, 4) is 103 Å². The summed E-state index contributed by atoms with van der Waals surface area (Å²) in [5, 5.41) is 182. The Morgan fingerprint density at radius 3 is 1.12 bits per heavy atom. The molecule has 0 radical (unpaired) electrons. The minimum atomic E-state index is -1.53. The van der Waals surface area contributed by atoms with E-state index >= 15 is 4.79 Å². The van der Waals surface area contributed by atoms with Crippen molar-refractivity contribution in [3.63, 3.8) is 0 Å². The Bertz CT molecular complexity index is 5760. The van der Waals surface area contributed by atoms with Gasteiger partial charge in [0.2, 0.25) is 0 Å². The molecule has 12 aromatic rings. The summed E-state index contributed by atoms with van der Waals surface area (Å²) >= 11 is 0. The monoisotopic (exact) mass is 1500 g/mol. The first-order valence-corrected chi connectivity index (χ1v) is 35.4. The van der Waals surface area contributed by atoms with E-state index in [4.69, 9.17) is 14.2 Å². The van der Waals surface area contributed by atoms with Crippen LogP contribution < -0.4 is 9.47 Å². The number of carbonyl (C=O) groups excluding carboxylic acids is 3. The maximum absolute atomic E-state index is 15.7. The highest BCUT2D eigenvalue weighted by molar-refractivity contribution is 6.09. The Morgan fingerprint density at radius 2 is 0.679 bits per heavy atom. The van der Waals surface area contributed by atoms with Crippen LogP contribution in [0, 0.1) is 11.8 Å². The van der Waals surface area contributed by atoms with Crippen molar-refractivity contribution in [2.75, 3.05) is 0 Å². The van der Waals surface area contributed by atoms with E-state index in [0.29, 0.717) is 44.5 Å². The molecule has 0 aliphatic carbocycles. The number of benzene rings is 12. The second-order valence-corrected chi connectivity index (χ2v) is 28.0. The van der Waals surface area contributed by atoms with Crippen LogP contribution >= 0.6 is 0 Å². The molecule has 12 aromatic carbocycles. The van der Waals surface area contributed by atoms with Gasteiger partial charge in [-0.05, 0) is 179 Å². The third-order valence-corrected chi connectivity index (χ3v) is 21.1. The second-order valence-electron chi connectivity index (χ2n) is 28.0. The van der Waals surface area contributed by atoms with Gasteiger partial charge >= 0.3 is 0 Å². The lowest BCUT2D eigenvalue weighted by Gasteiger charge is -2.34. The normalized spacial score (nSPS) is 18.9. The molecule has 562 valence electrons. The fourth-order valence-electron chi connectivity index (χ4n) is 15.9. The van der Waals surface area contributed by atoms with Crippen molar-refractivity contribution in [1.29, 1.82) is 0 Å². The number of hydrogen-bond acceptors (Lipinski definition) is 22. The maximum atomic E-state index is 15.7. The summed E-state index contributed by atoms with van der Waals surface area (Å²) in [4.78, 5) is 43.3. The maximum Gasteiger partial charge on any atom is 0.189 e. The van der Waals surface area contributed by atoms with Crippen LogP contribution in [-0.4, -0.2) is 99.1 Å². The van der Waals surface area contributed by atoms with Gasteiger partial charge in [-0.15, -0.1) is 0 Å². The molecule has 22 nitrogen and oxygen atoms in total. The molecule has 10 atom stereocenters. The Morgan fingerprint density at radius 1 is 0.312 bits per heavy atom. The minimum Gasteiger partial charge on any atom is -0.508 e. The van der Waals surface area contributed by atoms with Crippen LogP contribution in [0.25, 0.3) is 12.2 Å². The molecule has 1 fully saturated rings. The fraction of sp³-hybridized carbons (Fsp3) is 0.122. The number of aromatic hydroxyl groups is 16. The van der Waals surface area contributed by atoms with Crippen molar-refractivity contribution in [2.45, 2.75) is 54.5 Å². The third kappa shape index (κ3) is 14.1. The van der Waals surface area contributed by atoms with Gasteiger partial charge in [0.25, 0.3) is 0 Å². The Labute approximate surface area is 638 Å². The van der Waals surface area contributed by atoms with Crippen molar-refractivity contribution < 1.29 is 110 Å². The molecule has 112 heavy (non-hydrogen) atoms. The quantitative estimate of drug-likeness (QED) is 0.0249. The molecule has 0 spiro atoms. The number of ketones is 3. The van der Waals surface area contributed by atoms with E-state index < -0.39 is 123 Å². The molecule has 16 N–H and O–H groups in total. The molecular formula is C90H70O22. The lowest BCUT2D eigenvalue weighted by Crippen LogP contribution is -2.27. The topological polar surface area (TPSA) is 403 Å². The number of Topliss-reactive ketones (excluding diaryl/α,β-unsaturated/α-hetero) is 1. The Balaban J connectivity index is 0.979. The number of phenols is 16. The summed E-state index contributed by atoms with van der Waals surface area (Å²) in [7, 11) is 0. The molecule has 3 heterocycles. The largest absolute Gasteiger partial charge is 0.508 e. The first-order valence-electron chi connectivity index (χ1n) is 35.4. The molecule has 10 unspecified atom stereocenters. The fourth-order valence-corrected chi connectivity index (χ4v) is 15.9. The zero-order valence-electron chi connectivity index (χ0n) is 58.8. The molecule has 22 heteroatoms. The predicted molar refractivity (Wildman–Crippen MR) is 408 cm³/mol. The van der Waals surface area contributed by atoms with Crippen LogP contribution in [0.3, 0.4) is 0 Å². The lowest BCUT2D eigenvalue weighted by atomic mass is 9.69. The first kappa shape index (κ1) is 73.0. The number of ether oxygens (including phenoxy) is 3. The smallest absolute Gasteiger partial charge is 0.189 e. The molecule has 0 aromatic heterocycles. The van der Waals surface area contributed by atoms with Crippen LogP contribution in [-0.2, 0) is 11.2 Å². The van der Waals surface area contributed by atoms with Crippen molar-refractivity contribution >= 4 is 29.5 Å². The van der Waals surface area contributed by atoms with Crippen LogP contribution in [0.15, 0.2) is 243 Å². The van der Waals surface area contributed by atoms with E-state index in [1.54, 1.807) is 84.9 Å².